The molecule has 1 N–H and O–H groups in total. The number of halogens is 1. The first-order valence-corrected chi connectivity index (χ1v) is 8.26. The van der Waals surface area contributed by atoms with Crippen LogP contribution in [0.25, 0.3) is 0 Å². The number of benzene rings is 1. The van der Waals surface area contributed by atoms with Crippen molar-refractivity contribution in [1.29, 1.82) is 0 Å². The summed E-state index contributed by atoms with van der Waals surface area (Å²) in [5.74, 6) is 0.861. The number of morpholine rings is 1. The summed E-state index contributed by atoms with van der Waals surface area (Å²) >= 11 is 0. The van der Waals surface area contributed by atoms with E-state index in [-0.39, 0.29) is 36.4 Å². The molecule has 0 radical (unpaired) electrons. The second kappa shape index (κ2) is 7.65. The number of carbonyl (C=O) groups is 1. The van der Waals surface area contributed by atoms with Gasteiger partial charge in [0.05, 0.1) is 19.2 Å². The van der Waals surface area contributed by atoms with Gasteiger partial charge in [0, 0.05) is 5.92 Å². The van der Waals surface area contributed by atoms with Crippen LogP contribution in [0.3, 0.4) is 0 Å². The zero-order valence-corrected chi connectivity index (χ0v) is 14.9. The van der Waals surface area contributed by atoms with Gasteiger partial charge in [-0.25, -0.2) is 0 Å². The Balaban J connectivity index is 0.00000192. The van der Waals surface area contributed by atoms with Crippen molar-refractivity contribution < 1.29 is 9.53 Å². The molecular weight excluding hydrogens is 312 g/mol. The summed E-state index contributed by atoms with van der Waals surface area (Å²) in [5.41, 5.74) is 2.43. The smallest absolute Gasteiger partial charge is 0.226 e. The maximum absolute atomic E-state index is 12.8. The highest BCUT2D eigenvalue weighted by Gasteiger charge is 2.37. The van der Waals surface area contributed by atoms with Crippen LogP contribution in [0.5, 0.6) is 0 Å². The van der Waals surface area contributed by atoms with Crippen LogP contribution >= 0.6 is 12.4 Å². The van der Waals surface area contributed by atoms with Gasteiger partial charge in [-0.3, -0.25) is 4.79 Å². The Bertz CT molecular complexity index is 548. The lowest BCUT2D eigenvalue weighted by molar-refractivity contribution is -0.150. The Morgan fingerprint density at radius 1 is 1.35 bits per heavy atom. The van der Waals surface area contributed by atoms with Crippen LogP contribution in [0.4, 0.5) is 0 Å². The van der Waals surface area contributed by atoms with E-state index in [1.165, 1.54) is 11.1 Å². The number of rotatable bonds is 3. The summed E-state index contributed by atoms with van der Waals surface area (Å²) < 4.78 is 6.01. The molecule has 2 fully saturated rings. The minimum Gasteiger partial charge on any atom is -0.370 e. The molecule has 0 saturated carbocycles. The molecule has 1 amide bonds. The minimum atomic E-state index is -0.00642. The number of hydrogen-bond acceptors (Lipinski definition) is 3. The van der Waals surface area contributed by atoms with Crippen molar-refractivity contribution in [2.75, 3.05) is 26.2 Å². The van der Waals surface area contributed by atoms with Crippen molar-refractivity contribution in [3.05, 3.63) is 35.4 Å². The highest BCUT2D eigenvalue weighted by atomic mass is 35.5. The fraction of sp³-hybridized carbons (Fsp3) is 0.611. The van der Waals surface area contributed by atoms with Gasteiger partial charge in [0.15, 0.2) is 0 Å². The summed E-state index contributed by atoms with van der Waals surface area (Å²) in [4.78, 5) is 14.9. The van der Waals surface area contributed by atoms with Crippen molar-refractivity contribution in [2.24, 2.45) is 11.8 Å². The first-order chi connectivity index (χ1) is 10.6. The Hall–Kier alpha value is -1.10. The molecule has 0 bridgehead atoms. The van der Waals surface area contributed by atoms with Crippen molar-refractivity contribution in [2.45, 2.75) is 32.9 Å². The van der Waals surface area contributed by atoms with Crippen LogP contribution in [0.2, 0.25) is 0 Å². The zero-order chi connectivity index (χ0) is 15.7. The molecule has 5 heteroatoms. The zero-order valence-electron chi connectivity index (χ0n) is 14.1. The van der Waals surface area contributed by atoms with E-state index in [9.17, 15) is 4.79 Å². The van der Waals surface area contributed by atoms with Crippen LogP contribution in [0.1, 0.15) is 31.1 Å². The van der Waals surface area contributed by atoms with Crippen LogP contribution in [-0.4, -0.2) is 43.1 Å². The molecule has 3 unspecified atom stereocenters. The van der Waals surface area contributed by atoms with Crippen LogP contribution in [0.15, 0.2) is 24.3 Å². The van der Waals surface area contributed by atoms with Crippen molar-refractivity contribution in [3.8, 4) is 0 Å². The maximum atomic E-state index is 12.8. The molecule has 1 aromatic rings. The predicted molar refractivity (Wildman–Crippen MR) is 93.8 cm³/mol. The normalized spacial score (nSPS) is 26.1. The topological polar surface area (TPSA) is 41.6 Å². The van der Waals surface area contributed by atoms with E-state index in [2.05, 4.69) is 38.2 Å². The Morgan fingerprint density at radius 3 is 2.65 bits per heavy atom. The van der Waals surface area contributed by atoms with E-state index in [1.54, 1.807) is 0 Å². The molecule has 3 atom stereocenters. The SMILES string of the molecule is Cc1ccccc1C1CN(C(=O)C(C)C2CNC2)C(C)CO1.Cl. The molecule has 23 heavy (non-hydrogen) atoms. The van der Waals surface area contributed by atoms with Crippen LogP contribution in [-0.2, 0) is 9.53 Å². The average Bonchev–Trinajstić information content (AvgIpc) is 2.46. The largest absolute Gasteiger partial charge is 0.370 e. The van der Waals surface area contributed by atoms with E-state index < -0.39 is 0 Å². The third-order valence-electron chi connectivity index (χ3n) is 5.16. The van der Waals surface area contributed by atoms with Gasteiger partial charge in [0.2, 0.25) is 5.91 Å². The van der Waals surface area contributed by atoms with Gasteiger partial charge in [-0.05, 0) is 44.0 Å². The Labute approximate surface area is 145 Å². The molecule has 128 valence electrons. The van der Waals surface area contributed by atoms with Gasteiger partial charge in [-0.1, -0.05) is 31.2 Å². The summed E-state index contributed by atoms with van der Waals surface area (Å²) in [6.45, 7) is 9.46. The molecule has 0 aliphatic carbocycles. The van der Waals surface area contributed by atoms with Gasteiger partial charge < -0.3 is 15.0 Å². The van der Waals surface area contributed by atoms with E-state index in [4.69, 9.17) is 4.74 Å². The molecule has 2 aliphatic rings. The summed E-state index contributed by atoms with van der Waals surface area (Å²) in [7, 11) is 0. The third-order valence-corrected chi connectivity index (χ3v) is 5.16. The fourth-order valence-corrected chi connectivity index (χ4v) is 3.33. The van der Waals surface area contributed by atoms with E-state index in [0.717, 1.165) is 13.1 Å². The second-order valence-corrected chi connectivity index (χ2v) is 6.73. The Morgan fingerprint density at radius 2 is 2.04 bits per heavy atom. The van der Waals surface area contributed by atoms with Gasteiger partial charge in [-0.2, -0.15) is 0 Å². The predicted octanol–water partition coefficient (Wildman–Crippen LogP) is 2.56. The number of aryl methyl sites for hydroxylation is 1. The van der Waals surface area contributed by atoms with Gasteiger partial charge in [0.25, 0.3) is 0 Å². The number of hydrogen-bond donors (Lipinski definition) is 1. The highest BCUT2D eigenvalue weighted by molar-refractivity contribution is 5.85. The fourth-order valence-electron chi connectivity index (χ4n) is 3.33. The van der Waals surface area contributed by atoms with Crippen molar-refractivity contribution in [1.82, 2.24) is 10.2 Å². The third kappa shape index (κ3) is 3.70. The van der Waals surface area contributed by atoms with E-state index in [0.29, 0.717) is 19.1 Å². The molecule has 2 heterocycles. The molecule has 2 aliphatic heterocycles. The molecule has 2 saturated heterocycles. The summed E-state index contributed by atoms with van der Waals surface area (Å²) in [6.07, 6.45) is -0.00642. The van der Waals surface area contributed by atoms with Crippen LogP contribution in [0, 0.1) is 18.8 Å². The molecule has 0 spiro atoms. The lowest BCUT2D eigenvalue weighted by Gasteiger charge is -2.42. The molecule has 1 aromatic carbocycles. The van der Waals surface area contributed by atoms with Gasteiger partial charge in [0.1, 0.15) is 6.10 Å². The molecule has 3 rings (SSSR count). The standard InChI is InChI=1S/C18H26N2O2.ClH/c1-12-6-4-5-7-16(12)17-10-20(13(2)11-22-17)18(21)14(3)15-8-19-9-15;/h4-7,13-15,17,19H,8-11H2,1-3H3;1H. The van der Waals surface area contributed by atoms with Gasteiger partial charge in [-0.15, -0.1) is 12.4 Å². The number of carbonyl (C=O) groups excluding carboxylic acids is 1. The number of ether oxygens (including phenoxy) is 1. The molecule has 0 aromatic heterocycles. The average molecular weight is 339 g/mol. The van der Waals surface area contributed by atoms with Gasteiger partial charge >= 0.3 is 0 Å². The monoisotopic (exact) mass is 338 g/mol. The van der Waals surface area contributed by atoms with E-state index >= 15 is 0 Å². The first kappa shape index (κ1) is 18.2. The number of amides is 1. The van der Waals surface area contributed by atoms with Crippen LogP contribution < -0.4 is 5.32 Å². The molecular formula is C18H27ClN2O2. The quantitative estimate of drug-likeness (QED) is 0.921. The molecule has 4 nitrogen and oxygen atoms in total. The lowest BCUT2D eigenvalue weighted by Crippen LogP contribution is -2.55. The minimum absolute atomic E-state index is 0. The first-order valence-electron chi connectivity index (χ1n) is 8.26. The summed E-state index contributed by atoms with van der Waals surface area (Å²) in [6, 6.07) is 8.45. The van der Waals surface area contributed by atoms with Crippen molar-refractivity contribution >= 4 is 18.3 Å². The number of nitrogens with zero attached hydrogens (tertiary/aromatic N) is 1. The lowest BCUT2D eigenvalue weighted by atomic mass is 9.87. The second-order valence-electron chi connectivity index (χ2n) is 6.73. The summed E-state index contributed by atoms with van der Waals surface area (Å²) in [5, 5.41) is 3.26. The highest BCUT2D eigenvalue weighted by Crippen LogP contribution is 2.29. The van der Waals surface area contributed by atoms with E-state index in [1.807, 2.05) is 17.0 Å². The Kier molecular flexibility index (Phi) is 6.06. The van der Waals surface area contributed by atoms with Crippen molar-refractivity contribution in [3.63, 3.8) is 0 Å². The number of nitrogens with one attached hydrogen (secondary N) is 1. The maximum Gasteiger partial charge on any atom is 0.226 e.